The smallest absolute Gasteiger partial charge is 0.321 e. The van der Waals surface area contributed by atoms with Crippen molar-refractivity contribution < 1.29 is 14.4 Å². The Labute approximate surface area is 185 Å². The molecular formula is C24H36N4O3. The molecule has 170 valence electrons. The fourth-order valence-electron chi connectivity index (χ4n) is 4.24. The van der Waals surface area contributed by atoms with Gasteiger partial charge in [-0.1, -0.05) is 13.8 Å². The van der Waals surface area contributed by atoms with E-state index in [1.807, 2.05) is 11.8 Å². The normalized spacial score (nSPS) is 17.5. The maximum Gasteiger partial charge on any atom is 0.321 e. The molecule has 2 aliphatic rings. The Morgan fingerprint density at radius 3 is 2.29 bits per heavy atom. The van der Waals surface area contributed by atoms with Gasteiger partial charge in [-0.25, -0.2) is 4.79 Å². The molecule has 0 atom stereocenters. The minimum Gasteiger partial charge on any atom is -0.352 e. The first-order valence-electron chi connectivity index (χ1n) is 11.6. The fourth-order valence-corrected chi connectivity index (χ4v) is 4.24. The van der Waals surface area contributed by atoms with Gasteiger partial charge in [0.1, 0.15) is 0 Å². The molecule has 0 spiro atoms. The Hall–Kier alpha value is -2.57. The van der Waals surface area contributed by atoms with Crippen molar-refractivity contribution >= 4 is 23.5 Å². The predicted octanol–water partition coefficient (Wildman–Crippen LogP) is 3.64. The number of benzene rings is 1. The number of carbonyl (C=O) groups is 3. The number of anilines is 1. The van der Waals surface area contributed by atoms with Crippen molar-refractivity contribution in [3.63, 3.8) is 0 Å². The third kappa shape index (κ3) is 6.21. The van der Waals surface area contributed by atoms with Gasteiger partial charge in [0.15, 0.2) is 0 Å². The van der Waals surface area contributed by atoms with Gasteiger partial charge in [0.25, 0.3) is 5.91 Å². The average Bonchev–Trinajstić information content (AvgIpc) is 2.78. The number of urea groups is 1. The van der Waals surface area contributed by atoms with Crippen LogP contribution in [0.5, 0.6) is 0 Å². The highest BCUT2D eigenvalue weighted by Gasteiger charge is 2.30. The van der Waals surface area contributed by atoms with Crippen molar-refractivity contribution in [3.8, 4) is 0 Å². The van der Waals surface area contributed by atoms with E-state index >= 15 is 0 Å². The quantitative estimate of drug-likeness (QED) is 0.751. The van der Waals surface area contributed by atoms with Gasteiger partial charge >= 0.3 is 6.03 Å². The van der Waals surface area contributed by atoms with Crippen LogP contribution >= 0.6 is 0 Å². The minimum absolute atomic E-state index is 0.0347. The molecule has 4 amide bonds. The van der Waals surface area contributed by atoms with Gasteiger partial charge in [0, 0.05) is 49.9 Å². The standard InChI is InChI=1S/C24H36N4O3/c1-17(2)16-25-22(29)20-7-8-21(18(3)15-20)26-24(31)28-13-9-19(10-14-28)23(30)27-11-5-4-6-12-27/h7-8,15,17,19H,4-6,9-14,16H2,1-3H3,(H,25,29)(H,26,31). The number of likely N-dealkylation sites (tertiary alicyclic amines) is 2. The molecule has 2 N–H and O–H groups in total. The van der Waals surface area contributed by atoms with Crippen LogP contribution in [0.2, 0.25) is 0 Å². The van der Waals surface area contributed by atoms with Crippen molar-refractivity contribution in [2.24, 2.45) is 11.8 Å². The Morgan fingerprint density at radius 1 is 1.00 bits per heavy atom. The number of nitrogens with zero attached hydrogens (tertiary/aromatic N) is 2. The maximum atomic E-state index is 12.7. The van der Waals surface area contributed by atoms with Crippen LogP contribution in [0, 0.1) is 18.8 Å². The maximum absolute atomic E-state index is 12.7. The lowest BCUT2D eigenvalue weighted by atomic mass is 9.94. The third-order valence-corrected chi connectivity index (χ3v) is 6.20. The zero-order chi connectivity index (χ0) is 22.4. The van der Waals surface area contributed by atoms with Crippen molar-refractivity contribution in [2.45, 2.75) is 52.9 Å². The number of carbonyl (C=O) groups excluding carboxylic acids is 3. The second-order valence-corrected chi connectivity index (χ2v) is 9.21. The largest absolute Gasteiger partial charge is 0.352 e. The monoisotopic (exact) mass is 428 g/mol. The van der Waals surface area contributed by atoms with Gasteiger partial charge in [-0.3, -0.25) is 9.59 Å². The van der Waals surface area contributed by atoms with Crippen molar-refractivity contribution in [1.82, 2.24) is 15.1 Å². The summed E-state index contributed by atoms with van der Waals surface area (Å²) in [5.74, 6) is 0.590. The number of piperidine rings is 2. The van der Waals surface area contributed by atoms with E-state index in [0.717, 1.165) is 44.3 Å². The SMILES string of the molecule is Cc1cc(C(=O)NCC(C)C)ccc1NC(=O)N1CCC(C(=O)N2CCCCC2)CC1. The molecular weight excluding hydrogens is 392 g/mol. The van der Waals surface area contributed by atoms with E-state index in [9.17, 15) is 14.4 Å². The molecule has 2 heterocycles. The highest BCUT2D eigenvalue weighted by Crippen LogP contribution is 2.23. The fraction of sp³-hybridized carbons (Fsp3) is 0.625. The summed E-state index contributed by atoms with van der Waals surface area (Å²) in [7, 11) is 0. The number of nitrogens with one attached hydrogen (secondary N) is 2. The summed E-state index contributed by atoms with van der Waals surface area (Å²) in [4.78, 5) is 41.5. The molecule has 2 aliphatic heterocycles. The van der Waals surface area contributed by atoms with Crippen LogP contribution in [0.3, 0.4) is 0 Å². The summed E-state index contributed by atoms with van der Waals surface area (Å²) in [5.41, 5.74) is 2.14. The topological polar surface area (TPSA) is 81.8 Å². The van der Waals surface area contributed by atoms with Crippen molar-refractivity contribution in [1.29, 1.82) is 0 Å². The van der Waals surface area contributed by atoms with Gasteiger partial charge in [-0.15, -0.1) is 0 Å². The number of amides is 4. The number of hydrogen-bond donors (Lipinski definition) is 2. The van der Waals surface area contributed by atoms with Crippen molar-refractivity contribution in [3.05, 3.63) is 29.3 Å². The molecule has 2 saturated heterocycles. The van der Waals surface area contributed by atoms with Crippen LogP contribution in [0.15, 0.2) is 18.2 Å². The first-order valence-corrected chi connectivity index (χ1v) is 11.6. The van der Waals surface area contributed by atoms with Gasteiger partial charge in [-0.2, -0.15) is 0 Å². The molecule has 7 nitrogen and oxygen atoms in total. The summed E-state index contributed by atoms with van der Waals surface area (Å²) >= 11 is 0. The number of hydrogen-bond acceptors (Lipinski definition) is 3. The molecule has 1 aromatic carbocycles. The lowest BCUT2D eigenvalue weighted by Crippen LogP contribution is -2.46. The van der Waals surface area contributed by atoms with E-state index in [1.165, 1.54) is 6.42 Å². The average molecular weight is 429 g/mol. The van der Waals surface area contributed by atoms with Crippen LogP contribution in [-0.4, -0.2) is 60.4 Å². The highest BCUT2D eigenvalue weighted by atomic mass is 16.2. The molecule has 0 aliphatic carbocycles. The molecule has 0 radical (unpaired) electrons. The van der Waals surface area contributed by atoms with Crippen molar-refractivity contribution in [2.75, 3.05) is 38.0 Å². The lowest BCUT2D eigenvalue weighted by molar-refractivity contribution is -0.137. The summed E-state index contributed by atoms with van der Waals surface area (Å²) in [6.07, 6.45) is 4.85. The van der Waals surface area contributed by atoms with Gasteiger partial charge in [0.2, 0.25) is 5.91 Å². The molecule has 0 unspecified atom stereocenters. The van der Waals surface area contributed by atoms with E-state index in [1.54, 1.807) is 23.1 Å². The van der Waals surface area contributed by atoms with E-state index in [0.29, 0.717) is 36.8 Å². The summed E-state index contributed by atoms with van der Waals surface area (Å²) < 4.78 is 0. The van der Waals surface area contributed by atoms with Crippen LogP contribution < -0.4 is 10.6 Å². The first-order chi connectivity index (χ1) is 14.8. The van der Waals surface area contributed by atoms with Crippen LogP contribution in [0.1, 0.15) is 61.9 Å². The Balaban J connectivity index is 1.50. The Bertz CT molecular complexity index is 794. The summed E-state index contributed by atoms with van der Waals surface area (Å²) in [6.45, 7) is 9.56. The van der Waals surface area contributed by atoms with Gasteiger partial charge < -0.3 is 20.4 Å². The molecule has 1 aromatic rings. The Morgan fingerprint density at radius 2 is 1.68 bits per heavy atom. The summed E-state index contributed by atoms with van der Waals surface area (Å²) in [6, 6.07) is 5.17. The van der Waals surface area contributed by atoms with E-state index < -0.39 is 0 Å². The molecule has 2 fully saturated rings. The zero-order valence-electron chi connectivity index (χ0n) is 19.1. The molecule has 0 saturated carbocycles. The van der Waals surface area contributed by atoms with Crippen LogP contribution in [0.25, 0.3) is 0 Å². The van der Waals surface area contributed by atoms with Gasteiger partial charge in [-0.05, 0) is 68.7 Å². The molecule has 3 rings (SSSR count). The third-order valence-electron chi connectivity index (χ3n) is 6.20. The first kappa shape index (κ1) is 23.1. The second kappa shape index (κ2) is 10.6. The summed E-state index contributed by atoms with van der Waals surface area (Å²) in [5, 5.41) is 5.87. The lowest BCUT2D eigenvalue weighted by Gasteiger charge is -2.35. The molecule has 7 heteroatoms. The second-order valence-electron chi connectivity index (χ2n) is 9.21. The number of aryl methyl sites for hydroxylation is 1. The van der Waals surface area contributed by atoms with E-state index in [4.69, 9.17) is 0 Å². The molecule has 0 aromatic heterocycles. The predicted molar refractivity (Wildman–Crippen MR) is 122 cm³/mol. The van der Waals surface area contributed by atoms with Crippen LogP contribution in [0.4, 0.5) is 10.5 Å². The van der Waals surface area contributed by atoms with E-state index in [-0.39, 0.29) is 23.8 Å². The zero-order valence-corrected chi connectivity index (χ0v) is 19.1. The van der Waals surface area contributed by atoms with Gasteiger partial charge in [0.05, 0.1) is 0 Å². The van der Waals surface area contributed by atoms with Crippen LogP contribution in [-0.2, 0) is 4.79 Å². The van der Waals surface area contributed by atoms with E-state index in [2.05, 4.69) is 24.5 Å². The minimum atomic E-state index is -0.149. The highest BCUT2D eigenvalue weighted by molar-refractivity contribution is 5.96. The Kier molecular flexibility index (Phi) is 7.93. The molecule has 0 bridgehead atoms. The molecule has 31 heavy (non-hydrogen) atoms. The number of rotatable bonds is 5.